The first-order valence-corrected chi connectivity index (χ1v) is 6.18. The lowest BCUT2D eigenvalue weighted by atomic mass is 10.1. The van der Waals surface area contributed by atoms with E-state index in [1.54, 1.807) is 6.92 Å². The minimum absolute atomic E-state index is 0.00549. The molecule has 5 heteroatoms. The summed E-state index contributed by atoms with van der Waals surface area (Å²) in [6, 6.07) is -0.234. The molecule has 1 N–H and O–H groups in total. The van der Waals surface area contributed by atoms with Crippen LogP contribution in [-0.4, -0.2) is 39.7 Å². The van der Waals surface area contributed by atoms with Gasteiger partial charge in [-0.1, -0.05) is 13.3 Å². The maximum atomic E-state index is 11.8. The highest BCUT2D eigenvalue weighted by molar-refractivity contribution is 7.80. The van der Waals surface area contributed by atoms with Crippen LogP contribution in [0.2, 0.25) is 0 Å². The third-order valence-electron chi connectivity index (χ3n) is 2.35. The van der Waals surface area contributed by atoms with Gasteiger partial charge in [-0.3, -0.25) is 14.5 Å². The Bertz CT molecular complexity index is 245. The average molecular weight is 247 g/mol. The summed E-state index contributed by atoms with van der Waals surface area (Å²) in [6.45, 7) is 5.05. The fourth-order valence-electron chi connectivity index (χ4n) is 1.55. The Balaban J connectivity index is 4.45. The predicted molar refractivity (Wildman–Crippen MR) is 66.4 cm³/mol. The highest BCUT2D eigenvalue weighted by atomic mass is 32.1. The molecule has 0 aliphatic carbocycles. The van der Waals surface area contributed by atoms with Crippen LogP contribution in [0.3, 0.4) is 0 Å². The van der Waals surface area contributed by atoms with Gasteiger partial charge in [-0.05, 0) is 13.3 Å². The van der Waals surface area contributed by atoms with Crippen molar-refractivity contribution in [3.63, 3.8) is 0 Å². The maximum absolute atomic E-state index is 11.8. The zero-order valence-corrected chi connectivity index (χ0v) is 11.0. The van der Waals surface area contributed by atoms with Crippen molar-refractivity contribution in [1.29, 1.82) is 0 Å². The highest BCUT2D eigenvalue weighted by Gasteiger charge is 2.24. The largest absolute Gasteiger partial charge is 0.393 e. The van der Waals surface area contributed by atoms with Crippen LogP contribution in [0.15, 0.2) is 0 Å². The minimum atomic E-state index is -0.661. The van der Waals surface area contributed by atoms with E-state index in [4.69, 9.17) is 0 Å². The molecule has 0 aliphatic rings. The molecule has 0 heterocycles. The molecule has 2 unspecified atom stereocenters. The monoisotopic (exact) mass is 247 g/mol. The smallest absolute Gasteiger partial charge is 0.232 e. The van der Waals surface area contributed by atoms with E-state index in [9.17, 15) is 14.7 Å². The molecule has 0 aliphatic heterocycles. The van der Waals surface area contributed by atoms with Crippen LogP contribution >= 0.6 is 12.6 Å². The summed E-state index contributed by atoms with van der Waals surface area (Å²) < 4.78 is 0. The van der Waals surface area contributed by atoms with E-state index in [1.807, 2.05) is 6.92 Å². The summed E-state index contributed by atoms with van der Waals surface area (Å²) >= 11 is 4.07. The molecule has 0 aromatic heterocycles. The van der Waals surface area contributed by atoms with Gasteiger partial charge in [-0.25, -0.2) is 0 Å². The van der Waals surface area contributed by atoms with E-state index in [0.29, 0.717) is 12.2 Å². The fourth-order valence-corrected chi connectivity index (χ4v) is 1.71. The van der Waals surface area contributed by atoms with Gasteiger partial charge in [0.1, 0.15) is 0 Å². The molecule has 0 fully saturated rings. The zero-order chi connectivity index (χ0) is 12.7. The lowest BCUT2D eigenvalue weighted by Gasteiger charge is -2.26. The quantitative estimate of drug-likeness (QED) is 0.694. The number of amides is 2. The summed E-state index contributed by atoms with van der Waals surface area (Å²) in [5, 5.41) is 9.53. The molecular formula is C11H21NO3S. The molecule has 0 spiro atoms. The first-order chi connectivity index (χ1) is 7.43. The van der Waals surface area contributed by atoms with E-state index >= 15 is 0 Å². The number of carbonyl (C=O) groups excluding carboxylic acids is 2. The predicted octanol–water partition coefficient (Wildman–Crippen LogP) is 1.23. The molecule has 0 aromatic rings. The van der Waals surface area contributed by atoms with Crippen LogP contribution < -0.4 is 0 Å². The van der Waals surface area contributed by atoms with Gasteiger partial charge in [0.15, 0.2) is 0 Å². The molecule has 0 saturated carbocycles. The number of rotatable bonds is 6. The van der Waals surface area contributed by atoms with Crippen molar-refractivity contribution in [2.75, 3.05) is 5.75 Å². The van der Waals surface area contributed by atoms with Gasteiger partial charge < -0.3 is 5.11 Å². The van der Waals surface area contributed by atoms with Gasteiger partial charge in [0.25, 0.3) is 0 Å². The standard InChI is InChI=1S/C11H21NO3S/c1-4-5-10(14)6-11(15)12(9(3)13)8(2)7-16/h8,10,14,16H,4-7H2,1-3H3. The lowest BCUT2D eigenvalue weighted by molar-refractivity contribution is -0.146. The van der Waals surface area contributed by atoms with Crippen molar-refractivity contribution in [2.45, 2.75) is 52.2 Å². The summed E-state index contributed by atoms with van der Waals surface area (Å²) in [5.74, 6) is -0.194. The molecule has 16 heavy (non-hydrogen) atoms. The van der Waals surface area contributed by atoms with Gasteiger partial charge in [-0.2, -0.15) is 12.6 Å². The van der Waals surface area contributed by atoms with E-state index in [2.05, 4.69) is 12.6 Å². The van der Waals surface area contributed by atoms with E-state index in [0.717, 1.165) is 6.42 Å². The number of carbonyl (C=O) groups is 2. The number of thiol groups is 1. The number of aliphatic hydroxyl groups is 1. The highest BCUT2D eigenvalue weighted by Crippen LogP contribution is 2.09. The maximum Gasteiger partial charge on any atom is 0.232 e. The molecule has 0 radical (unpaired) electrons. The third-order valence-corrected chi connectivity index (χ3v) is 2.87. The molecule has 4 nitrogen and oxygen atoms in total. The van der Waals surface area contributed by atoms with Crippen molar-refractivity contribution in [3.8, 4) is 0 Å². The Morgan fingerprint density at radius 1 is 1.44 bits per heavy atom. The Morgan fingerprint density at radius 3 is 2.38 bits per heavy atom. The molecule has 0 saturated heterocycles. The first-order valence-electron chi connectivity index (χ1n) is 5.55. The molecule has 0 bridgehead atoms. The van der Waals surface area contributed by atoms with Crippen LogP contribution in [0, 0.1) is 0 Å². The average Bonchev–Trinajstić information content (AvgIpc) is 2.17. The van der Waals surface area contributed by atoms with Crippen LogP contribution in [0.1, 0.15) is 40.0 Å². The van der Waals surface area contributed by atoms with Crippen molar-refractivity contribution in [2.24, 2.45) is 0 Å². The SMILES string of the molecule is CCCC(O)CC(=O)N(C(C)=O)C(C)CS. The molecule has 0 rings (SSSR count). The molecule has 0 aromatic carbocycles. The molecule has 2 atom stereocenters. The fraction of sp³-hybridized carbons (Fsp3) is 0.818. The summed E-state index contributed by atoms with van der Waals surface area (Å²) in [7, 11) is 0. The molecule has 94 valence electrons. The first kappa shape index (κ1) is 15.4. The Labute approximate surface area is 102 Å². The van der Waals surface area contributed by atoms with Crippen LogP contribution in [0.4, 0.5) is 0 Å². The number of imide groups is 1. The van der Waals surface area contributed by atoms with Crippen molar-refractivity contribution >= 4 is 24.4 Å². The Hall–Kier alpha value is -0.550. The van der Waals surface area contributed by atoms with Gasteiger partial charge in [0.05, 0.1) is 12.5 Å². The van der Waals surface area contributed by atoms with Crippen LogP contribution in [0.5, 0.6) is 0 Å². The van der Waals surface area contributed by atoms with Gasteiger partial charge in [0.2, 0.25) is 11.8 Å². The number of nitrogens with zero attached hydrogens (tertiary/aromatic N) is 1. The van der Waals surface area contributed by atoms with Crippen LogP contribution in [0.25, 0.3) is 0 Å². The summed E-state index contributed by atoms with van der Waals surface area (Å²) in [4.78, 5) is 24.3. The Morgan fingerprint density at radius 2 is 2.00 bits per heavy atom. The second-order valence-electron chi connectivity index (χ2n) is 3.96. The summed E-state index contributed by atoms with van der Waals surface area (Å²) in [5.41, 5.74) is 0. The van der Waals surface area contributed by atoms with Crippen LogP contribution in [-0.2, 0) is 9.59 Å². The van der Waals surface area contributed by atoms with E-state index in [1.165, 1.54) is 11.8 Å². The molecular weight excluding hydrogens is 226 g/mol. The zero-order valence-electron chi connectivity index (χ0n) is 10.1. The normalized spacial score (nSPS) is 14.3. The van der Waals surface area contributed by atoms with E-state index in [-0.39, 0.29) is 24.3 Å². The number of hydrogen-bond donors (Lipinski definition) is 2. The Kier molecular flexibility index (Phi) is 7.42. The lowest BCUT2D eigenvalue weighted by Crippen LogP contribution is -2.44. The minimum Gasteiger partial charge on any atom is -0.393 e. The van der Waals surface area contributed by atoms with E-state index < -0.39 is 6.10 Å². The van der Waals surface area contributed by atoms with Crippen molar-refractivity contribution in [3.05, 3.63) is 0 Å². The van der Waals surface area contributed by atoms with Gasteiger partial charge in [-0.15, -0.1) is 0 Å². The van der Waals surface area contributed by atoms with Crippen molar-refractivity contribution in [1.82, 2.24) is 4.90 Å². The van der Waals surface area contributed by atoms with Gasteiger partial charge >= 0.3 is 0 Å². The van der Waals surface area contributed by atoms with Gasteiger partial charge in [0, 0.05) is 18.7 Å². The second-order valence-corrected chi connectivity index (χ2v) is 4.33. The second kappa shape index (κ2) is 7.68. The summed E-state index contributed by atoms with van der Waals surface area (Å²) in [6.07, 6.45) is 0.737. The topological polar surface area (TPSA) is 57.6 Å². The molecule has 2 amide bonds. The number of hydrogen-bond acceptors (Lipinski definition) is 4. The van der Waals surface area contributed by atoms with Crippen molar-refractivity contribution < 1.29 is 14.7 Å². The number of aliphatic hydroxyl groups excluding tert-OH is 1. The third kappa shape index (κ3) is 4.99.